The van der Waals surface area contributed by atoms with Crippen molar-refractivity contribution in [1.82, 2.24) is 4.98 Å². The molecule has 0 spiro atoms. The molecule has 0 radical (unpaired) electrons. The summed E-state index contributed by atoms with van der Waals surface area (Å²) < 4.78 is 5.19. The summed E-state index contributed by atoms with van der Waals surface area (Å²) in [4.78, 5) is 15.7. The fourth-order valence-corrected chi connectivity index (χ4v) is 1.91. The fraction of sp³-hybridized carbons (Fsp3) is 0.200. The molecular weight excluding hydrogens is 297 g/mol. The van der Waals surface area contributed by atoms with E-state index in [2.05, 4.69) is 4.98 Å². The number of halogens is 2. The number of pyridine rings is 1. The summed E-state index contributed by atoms with van der Waals surface area (Å²) in [7, 11) is 0. The van der Waals surface area contributed by atoms with Crippen molar-refractivity contribution in [3.63, 3.8) is 0 Å². The highest BCUT2D eigenvalue weighted by molar-refractivity contribution is 6.33. The Kier molecular flexibility index (Phi) is 7.05. The van der Waals surface area contributed by atoms with Crippen molar-refractivity contribution >= 4 is 30.0 Å². The Morgan fingerprint density at radius 1 is 1.15 bits per heavy atom. The second-order valence-electron chi connectivity index (χ2n) is 4.07. The molecule has 1 heterocycles. The molecule has 1 aromatic heterocycles. The van der Waals surface area contributed by atoms with E-state index in [1.165, 1.54) is 5.56 Å². The van der Waals surface area contributed by atoms with Gasteiger partial charge in [0.25, 0.3) is 0 Å². The lowest BCUT2D eigenvalue weighted by atomic mass is 10.1. The Balaban J connectivity index is 0.00000200. The number of carbonyl (C=O) groups is 1. The summed E-state index contributed by atoms with van der Waals surface area (Å²) in [5, 5.41) is 0.418. The first kappa shape index (κ1) is 16.5. The summed E-state index contributed by atoms with van der Waals surface area (Å²) in [6, 6.07) is 10.8. The lowest BCUT2D eigenvalue weighted by Gasteiger charge is -2.06. The van der Waals surface area contributed by atoms with Gasteiger partial charge in [-0.05, 0) is 42.7 Å². The fourth-order valence-electron chi connectivity index (χ4n) is 1.70. The van der Waals surface area contributed by atoms with E-state index in [1.807, 2.05) is 12.1 Å². The summed E-state index contributed by atoms with van der Waals surface area (Å²) in [6.45, 7) is 0.381. The molecule has 0 bridgehead atoms. The summed E-state index contributed by atoms with van der Waals surface area (Å²) in [5.41, 5.74) is 1.59. The highest BCUT2D eigenvalue weighted by Crippen LogP contribution is 2.16. The van der Waals surface area contributed by atoms with Crippen LogP contribution in [-0.4, -0.2) is 17.6 Å². The van der Waals surface area contributed by atoms with Crippen LogP contribution >= 0.6 is 24.0 Å². The Hall–Kier alpha value is -1.58. The van der Waals surface area contributed by atoms with Gasteiger partial charge in [-0.25, -0.2) is 4.79 Å². The number of rotatable bonds is 5. The normalized spacial score (nSPS) is 9.65. The number of hydrogen-bond acceptors (Lipinski definition) is 3. The molecule has 1 aromatic carbocycles. The van der Waals surface area contributed by atoms with E-state index in [-0.39, 0.29) is 18.4 Å². The molecule has 2 rings (SSSR count). The minimum absolute atomic E-state index is 0. The molecule has 0 N–H and O–H groups in total. The van der Waals surface area contributed by atoms with Gasteiger partial charge < -0.3 is 4.74 Å². The van der Waals surface area contributed by atoms with E-state index in [0.29, 0.717) is 17.2 Å². The highest BCUT2D eigenvalue weighted by Gasteiger charge is 2.10. The molecule has 0 atom stereocenters. The Bertz CT molecular complexity index is 547. The minimum Gasteiger partial charge on any atom is -0.462 e. The highest BCUT2D eigenvalue weighted by atomic mass is 35.5. The van der Waals surface area contributed by atoms with Gasteiger partial charge in [0.05, 0.1) is 17.2 Å². The smallest absolute Gasteiger partial charge is 0.339 e. The van der Waals surface area contributed by atoms with Crippen molar-refractivity contribution in [2.45, 2.75) is 12.8 Å². The van der Waals surface area contributed by atoms with Crippen LogP contribution in [0.15, 0.2) is 48.8 Å². The number of aryl methyl sites for hydroxylation is 1. The van der Waals surface area contributed by atoms with Crippen molar-refractivity contribution < 1.29 is 9.53 Å². The average Bonchev–Trinajstić information content (AvgIpc) is 2.45. The van der Waals surface area contributed by atoms with E-state index in [0.717, 1.165) is 12.8 Å². The number of esters is 1. The van der Waals surface area contributed by atoms with Gasteiger partial charge in [-0.3, -0.25) is 4.98 Å². The van der Waals surface area contributed by atoms with Crippen LogP contribution in [0.2, 0.25) is 5.02 Å². The van der Waals surface area contributed by atoms with Gasteiger partial charge in [-0.15, -0.1) is 12.4 Å². The van der Waals surface area contributed by atoms with Crippen LogP contribution in [0, 0.1) is 0 Å². The standard InChI is InChI=1S/C15H14ClNO2.ClH/c16-14-6-2-1-5-13(14)15(18)19-11-3-4-12-7-9-17-10-8-12;/h1-2,5-10H,3-4,11H2;1H. The van der Waals surface area contributed by atoms with E-state index < -0.39 is 0 Å². The Morgan fingerprint density at radius 2 is 1.85 bits per heavy atom. The third-order valence-electron chi connectivity index (χ3n) is 2.69. The van der Waals surface area contributed by atoms with Crippen LogP contribution in [-0.2, 0) is 11.2 Å². The maximum absolute atomic E-state index is 11.8. The van der Waals surface area contributed by atoms with Crippen molar-refractivity contribution in [3.05, 3.63) is 64.9 Å². The molecule has 0 aliphatic rings. The van der Waals surface area contributed by atoms with Crippen LogP contribution < -0.4 is 0 Å². The van der Waals surface area contributed by atoms with Crippen LogP contribution in [0.25, 0.3) is 0 Å². The van der Waals surface area contributed by atoms with Gasteiger partial charge in [0.15, 0.2) is 0 Å². The maximum atomic E-state index is 11.8. The number of aromatic nitrogens is 1. The van der Waals surface area contributed by atoms with Crippen LogP contribution in [0.5, 0.6) is 0 Å². The molecule has 5 heteroatoms. The molecule has 2 aromatic rings. The number of benzene rings is 1. The van der Waals surface area contributed by atoms with Crippen molar-refractivity contribution in [2.75, 3.05) is 6.61 Å². The van der Waals surface area contributed by atoms with Crippen molar-refractivity contribution in [1.29, 1.82) is 0 Å². The molecule has 0 saturated heterocycles. The number of ether oxygens (including phenoxy) is 1. The Morgan fingerprint density at radius 3 is 2.55 bits per heavy atom. The zero-order valence-electron chi connectivity index (χ0n) is 10.8. The van der Waals surface area contributed by atoms with E-state index in [4.69, 9.17) is 16.3 Å². The van der Waals surface area contributed by atoms with Gasteiger partial charge in [0.2, 0.25) is 0 Å². The molecule has 3 nitrogen and oxygen atoms in total. The monoisotopic (exact) mass is 311 g/mol. The molecule has 0 aliphatic heterocycles. The number of nitrogens with zero attached hydrogens (tertiary/aromatic N) is 1. The summed E-state index contributed by atoms with van der Waals surface area (Å²) in [5.74, 6) is -0.375. The predicted octanol–water partition coefficient (Wildman–Crippen LogP) is 3.95. The molecule has 0 amide bonds. The first-order valence-corrected chi connectivity index (χ1v) is 6.46. The zero-order valence-corrected chi connectivity index (χ0v) is 12.4. The van der Waals surface area contributed by atoms with E-state index >= 15 is 0 Å². The molecule has 20 heavy (non-hydrogen) atoms. The van der Waals surface area contributed by atoms with Gasteiger partial charge in [-0.2, -0.15) is 0 Å². The van der Waals surface area contributed by atoms with Gasteiger partial charge in [-0.1, -0.05) is 23.7 Å². The average molecular weight is 312 g/mol. The van der Waals surface area contributed by atoms with Crippen LogP contribution in [0.1, 0.15) is 22.3 Å². The maximum Gasteiger partial charge on any atom is 0.339 e. The van der Waals surface area contributed by atoms with Crippen molar-refractivity contribution in [2.24, 2.45) is 0 Å². The first-order valence-electron chi connectivity index (χ1n) is 6.08. The third-order valence-corrected chi connectivity index (χ3v) is 3.02. The SMILES string of the molecule is Cl.O=C(OCCCc1ccncc1)c1ccccc1Cl. The molecule has 0 fully saturated rings. The lowest BCUT2D eigenvalue weighted by Crippen LogP contribution is -2.07. The van der Waals surface area contributed by atoms with E-state index in [9.17, 15) is 4.79 Å². The Labute approximate surface area is 129 Å². The topological polar surface area (TPSA) is 39.2 Å². The third kappa shape index (κ3) is 4.83. The molecular formula is C15H15Cl2NO2. The second kappa shape index (κ2) is 8.56. The van der Waals surface area contributed by atoms with Gasteiger partial charge in [0.1, 0.15) is 0 Å². The summed E-state index contributed by atoms with van der Waals surface area (Å²) in [6.07, 6.45) is 5.15. The lowest BCUT2D eigenvalue weighted by molar-refractivity contribution is 0.0501. The summed E-state index contributed by atoms with van der Waals surface area (Å²) >= 11 is 5.92. The molecule has 0 aliphatic carbocycles. The second-order valence-corrected chi connectivity index (χ2v) is 4.48. The minimum atomic E-state index is -0.375. The van der Waals surface area contributed by atoms with Crippen LogP contribution in [0.4, 0.5) is 0 Å². The number of carbonyl (C=O) groups excluding carboxylic acids is 1. The quantitative estimate of drug-likeness (QED) is 0.620. The largest absolute Gasteiger partial charge is 0.462 e. The van der Waals surface area contributed by atoms with E-state index in [1.54, 1.807) is 36.7 Å². The molecule has 106 valence electrons. The van der Waals surface area contributed by atoms with Crippen LogP contribution in [0.3, 0.4) is 0 Å². The van der Waals surface area contributed by atoms with Gasteiger partial charge in [0, 0.05) is 12.4 Å². The molecule has 0 unspecified atom stereocenters. The molecule has 0 saturated carbocycles. The first-order chi connectivity index (χ1) is 9.27. The van der Waals surface area contributed by atoms with Gasteiger partial charge >= 0.3 is 5.97 Å². The number of hydrogen-bond donors (Lipinski definition) is 0. The van der Waals surface area contributed by atoms with Crippen molar-refractivity contribution in [3.8, 4) is 0 Å². The zero-order chi connectivity index (χ0) is 13.5. The predicted molar refractivity (Wildman–Crippen MR) is 81.5 cm³/mol.